The van der Waals surface area contributed by atoms with Gasteiger partial charge in [0.1, 0.15) is 23.1 Å². The number of aromatic nitrogens is 1. The Morgan fingerprint density at radius 3 is 2.63 bits per heavy atom. The van der Waals surface area contributed by atoms with Crippen LogP contribution in [-0.4, -0.2) is 76.9 Å². The zero-order chi connectivity index (χ0) is 31.5. The van der Waals surface area contributed by atoms with Gasteiger partial charge < -0.3 is 23.8 Å². The molecular formula is C26H32ClF3N4O8S. The van der Waals surface area contributed by atoms with Gasteiger partial charge in [0.15, 0.2) is 0 Å². The number of carbonyl (C=O) groups excluding carboxylic acids is 2. The summed E-state index contributed by atoms with van der Waals surface area (Å²) in [5, 5.41) is -0.356. The summed E-state index contributed by atoms with van der Waals surface area (Å²) in [5.74, 6) is 0.357. The third-order valence-corrected chi connectivity index (χ3v) is 7.34. The van der Waals surface area contributed by atoms with Crippen LogP contribution in [-0.2, 0) is 37.1 Å². The number of nitrogens with zero attached hydrogens (tertiary/aromatic N) is 2. The number of carbonyl (C=O) groups is 2. The Labute approximate surface area is 252 Å². The first-order valence-corrected chi connectivity index (χ1v) is 15.1. The topological polar surface area (TPSA) is 145 Å². The van der Waals surface area contributed by atoms with Gasteiger partial charge in [-0.2, -0.15) is 26.3 Å². The van der Waals surface area contributed by atoms with E-state index in [0.29, 0.717) is 56.1 Å². The van der Waals surface area contributed by atoms with Gasteiger partial charge in [-0.25, -0.2) is 14.5 Å². The first-order chi connectivity index (χ1) is 20.4. The molecule has 1 aromatic heterocycles. The largest absolute Gasteiger partial charge is 0.491 e. The van der Waals surface area contributed by atoms with Gasteiger partial charge in [0.2, 0.25) is 11.8 Å². The average molecular weight is 653 g/mol. The van der Waals surface area contributed by atoms with Crippen LogP contribution in [0.15, 0.2) is 30.5 Å². The molecule has 0 atom stereocenters. The molecule has 3 rings (SSSR count). The standard InChI is InChI=1S/C26H32ClF3N4O8S/c1-39-13-14-40-20-8-7-18(22(16-20)42-24-21(27)15-19(17-31-24)26(28,29)30)5-3-12-41-25(36)33-43(37,38)32-9-4-11-34-10-2-6-23(34)35/h7-8,15-17,32H,2-6,9-14H2,1H3,(H,33,36). The van der Waals surface area contributed by atoms with Crippen molar-refractivity contribution in [2.45, 2.75) is 38.3 Å². The minimum atomic E-state index is -4.63. The van der Waals surface area contributed by atoms with Crippen molar-refractivity contribution in [2.75, 3.05) is 46.6 Å². The number of pyridine rings is 1. The highest BCUT2D eigenvalue weighted by atomic mass is 35.5. The van der Waals surface area contributed by atoms with Crippen LogP contribution in [0.5, 0.6) is 17.4 Å². The zero-order valence-corrected chi connectivity index (χ0v) is 24.8. The van der Waals surface area contributed by atoms with Crippen molar-refractivity contribution < 1.29 is 50.1 Å². The monoisotopic (exact) mass is 652 g/mol. The van der Waals surface area contributed by atoms with Crippen molar-refractivity contribution in [1.29, 1.82) is 0 Å². The number of aryl methyl sites for hydroxylation is 1. The van der Waals surface area contributed by atoms with Crippen LogP contribution in [0, 0.1) is 0 Å². The molecule has 2 aromatic rings. The molecule has 1 fully saturated rings. The molecule has 17 heteroatoms. The molecule has 2 N–H and O–H groups in total. The van der Waals surface area contributed by atoms with Crippen LogP contribution >= 0.6 is 11.6 Å². The molecule has 0 aliphatic carbocycles. The molecule has 1 aliphatic rings. The first kappa shape index (κ1) is 34.2. The van der Waals surface area contributed by atoms with E-state index in [2.05, 4.69) is 9.71 Å². The summed E-state index contributed by atoms with van der Waals surface area (Å²) in [6.45, 7) is 1.47. The van der Waals surface area contributed by atoms with Gasteiger partial charge in [0.05, 0.1) is 18.8 Å². The first-order valence-electron chi connectivity index (χ1n) is 13.2. The lowest BCUT2D eigenvalue weighted by Crippen LogP contribution is -2.41. The number of halogens is 4. The molecule has 0 unspecified atom stereocenters. The molecular weight excluding hydrogens is 621 g/mol. The van der Waals surface area contributed by atoms with Crippen LogP contribution < -0.4 is 18.9 Å². The zero-order valence-electron chi connectivity index (χ0n) is 23.2. The predicted molar refractivity (Wildman–Crippen MR) is 148 cm³/mol. The number of methoxy groups -OCH3 is 1. The minimum Gasteiger partial charge on any atom is -0.491 e. The fourth-order valence-corrected chi connectivity index (χ4v) is 4.92. The molecule has 12 nitrogen and oxygen atoms in total. The Hall–Kier alpha value is -3.34. The van der Waals surface area contributed by atoms with Crippen molar-refractivity contribution in [2.24, 2.45) is 0 Å². The van der Waals surface area contributed by atoms with Gasteiger partial charge in [0, 0.05) is 45.4 Å². The number of likely N-dealkylation sites (tertiary alicyclic amines) is 1. The summed E-state index contributed by atoms with van der Waals surface area (Å²) >= 11 is 6.00. The third kappa shape index (κ3) is 11.3. The van der Waals surface area contributed by atoms with Gasteiger partial charge in [-0.3, -0.25) is 4.79 Å². The summed E-state index contributed by atoms with van der Waals surface area (Å²) < 4.78 is 88.4. The van der Waals surface area contributed by atoms with E-state index in [9.17, 15) is 31.2 Å². The quantitative estimate of drug-likeness (QED) is 0.256. The number of nitrogens with one attached hydrogen (secondary N) is 2. The normalized spacial score (nSPS) is 13.7. The molecule has 1 saturated heterocycles. The Bertz CT molecular complexity index is 1360. The molecule has 43 heavy (non-hydrogen) atoms. The van der Waals surface area contributed by atoms with E-state index >= 15 is 0 Å². The van der Waals surface area contributed by atoms with Crippen molar-refractivity contribution >= 4 is 33.8 Å². The van der Waals surface area contributed by atoms with E-state index in [0.717, 1.165) is 6.42 Å². The van der Waals surface area contributed by atoms with E-state index in [-0.39, 0.29) is 55.2 Å². The molecule has 1 aromatic carbocycles. The molecule has 0 bridgehead atoms. The fourth-order valence-electron chi connectivity index (χ4n) is 3.95. The maximum Gasteiger partial charge on any atom is 0.421 e. The van der Waals surface area contributed by atoms with E-state index < -0.39 is 28.0 Å². The second-order valence-corrected chi connectivity index (χ2v) is 11.2. The van der Waals surface area contributed by atoms with Crippen LogP contribution in [0.2, 0.25) is 5.02 Å². The molecule has 0 saturated carbocycles. The van der Waals surface area contributed by atoms with Gasteiger partial charge in [-0.15, -0.1) is 0 Å². The summed E-state index contributed by atoms with van der Waals surface area (Å²) in [6, 6.07) is 5.50. The minimum absolute atomic E-state index is 0.0259. The SMILES string of the molecule is COCCOc1ccc(CCCOC(=O)NS(=O)(=O)NCCCN2CCCC2=O)c(Oc2ncc(C(F)(F)F)cc2Cl)c1. The number of alkyl halides is 3. The Morgan fingerprint density at radius 2 is 1.95 bits per heavy atom. The van der Waals surface area contributed by atoms with Gasteiger partial charge >= 0.3 is 22.5 Å². The van der Waals surface area contributed by atoms with Crippen molar-refractivity contribution in [3.63, 3.8) is 0 Å². The van der Waals surface area contributed by atoms with Crippen molar-refractivity contribution in [3.8, 4) is 17.4 Å². The van der Waals surface area contributed by atoms with Gasteiger partial charge in [0.25, 0.3) is 0 Å². The van der Waals surface area contributed by atoms with Gasteiger partial charge in [-0.1, -0.05) is 17.7 Å². The summed E-state index contributed by atoms with van der Waals surface area (Å²) in [5.41, 5.74) is -0.473. The van der Waals surface area contributed by atoms with Crippen molar-refractivity contribution in [1.82, 2.24) is 19.3 Å². The highest BCUT2D eigenvalue weighted by Crippen LogP contribution is 2.36. The lowest BCUT2D eigenvalue weighted by atomic mass is 10.1. The fraction of sp³-hybridized carbons (Fsp3) is 0.500. The lowest BCUT2D eigenvalue weighted by Gasteiger charge is -2.15. The number of amides is 2. The number of hydrogen-bond acceptors (Lipinski definition) is 9. The molecule has 1 aliphatic heterocycles. The average Bonchev–Trinajstić information content (AvgIpc) is 3.34. The van der Waals surface area contributed by atoms with Crippen LogP contribution in [0.4, 0.5) is 18.0 Å². The van der Waals surface area contributed by atoms with E-state index in [4.69, 9.17) is 30.5 Å². The van der Waals surface area contributed by atoms with Crippen LogP contribution in [0.3, 0.4) is 0 Å². The summed E-state index contributed by atoms with van der Waals surface area (Å²) in [4.78, 5) is 29.0. The Morgan fingerprint density at radius 1 is 1.16 bits per heavy atom. The van der Waals surface area contributed by atoms with E-state index in [1.54, 1.807) is 21.8 Å². The summed E-state index contributed by atoms with van der Waals surface area (Å²) in [6.07, 6.45) is -3.05. The number of hydrogen-bond donors (Lipinski definition) is 2. The van der Waals surface area contributed by atoms with E-state index in [1.165, 1.54) is 13.2 Å². The number of ether oxygens (including phenoxy) is 4. The van der Waals surface area contributed by atoms with E-state index in [1.807, 2.05) is 0 Å². The second kappa shape index (κ2) is 15.9. The van der Waals surface area contributed by atoms with Crippen LogP contribution in [0.25, 0.3) is 0 Å². The molecule has 0 radical (unpaired) electrons. The number of rotatable bonds is 16. The number of benzene rings is 1. The third-order valence-electron chi connectivity index (χ3n) is 6.05. The molecule has 0 spiro atoms. The highest BCUT2D eigenvalue weighted by molar-refractivity contribution is 7.88. The predicted octanol–water partition coefficient (Wildman–Crippen LogP) is 4.08. The Kier molecular flexibility index (Phi) is 12.7. The second-order valence-electron chi connectivity index (χ2n) is 9.30. The molecule has 2 heterocycles. The lowest BCUT2D eigenvalue weighted by molar-refractivity contribution is -0.137. The molecule has 238 valence electrons. The van der Waals surface area contributed by atoms with Gasteiger partial charge in [-0.05, 0) is 43.4 Å². The Balaban J connectivity index is 1.53. The maximum absolute atomic E-state index is 13.0. The van der Waals surface area contributed by atoms with Crippen molar-refractivity contribution in [3.05, 3.63) is 46.6 Å². The van der Waals surface area contributed by atoms with Crippen LogP contribution in [0.1, 0.15) is 36.8 Å². The summed E-state index contributed by atoms with van der Waals surface area (Å²) in [7, 11) is -2.65. The highest BCUT2D eigenvalue weighted by Gasteiger charge is 2.32. The smallest absolute Gasteiger partial charge is 0.421 e. The maximum atomic E-state index is 13.0. The molecule has 2 amide bonds.